The summed E-state index contributed by atoms with van der Waals surface area (Å²) in [6.45, 7) is 2.29. The van der Waals surface area contributed by atoms with E-state index in [1.807, 2.05) is 0 Å². The van der Waals surface area contributed by atoms with Gasteiger partial charge in [0.2, 0.25) is 10.0 Å². The van der Waals surface area contributed by atoms with Gasteiger partial charge in [-0.15, -0.1) is 0 Å². The van der Waals surface area contributed by atoms with Gasteiger partial charge in [0.05, 0.1) is 25.9 Å². The normalized spacial score (nSPS) is 18.5. The second-order valence-corrected chi connectivity index (χ2v) is 9.16. The number of benzene rings is 1. The van der Waals surface area contributed by atoms with Gasteiger partial charge >= 0.3 is 5.97 Å². The van der Waals surface area contributed by atoms with E-state index in [0.717, 1.165) is 25.7 Å². The summed E-state index contributed by atoms with van der Waals surface area (Å²) in [5.74, 6) is -0.899. The third-order valence-corrected chi connectivity index (χ3v) is 7.19. The van der Waals surface area contributed by atoms with Crippen molar-refractivity contribution in [3.8, 4) is 5.75 Å². The summed E-state index contributed by atoms with van der Waals surface area (Å²) in [6.07, 6.45) is 3.58. The number of sulfonamides is 1. The predicted octanol–water partition coefficient (Wildman–Crippen LogP) is 1.28. The molecule has 0 radical (unpaired) electrons. The van der Waals surface area contributed by atoms with E-state index in [2.05, 4.69) is 0 Å². The Hall–Kier alpha value is -2.17. The van der Waals surface area contributed by atoms with Crippen molar-refractivity contribution < 1.29 is 32.2 Å². The highest BCUT2D eigenvalue weighted by molar-refractivity contribution is 7.89. The van der Waals surface area contributed by atoms with Crippen LogP contribution in [0.15, 0.2) is 23.1 Å². The number of morpholine rings is 1. The quantitative estimate of drug-likeness (QED) is 0.614. The Labute approximate surface area is 176 Å². The van der Waals surface area contributed by atoms with E-state index in [1.165, 1.54) is 29.6 Å². The molecule has 166 valence electrons. The first-order chi connectivity index (χ1) is 14.4. The van der Waals surface area contributed by atoms with Crippen molar-refractivity contribution in [2.45, 2.75) is 30.6 Å². The predicted molar refractivity (Wildman–Crippen MR) is 108 cm³/mol. The molecule has 0 saturated carbocycles. The van der Waals surface area contributed by atoms with Gasteiger partial charge in [0.1, 0.15) is 10.6 Å². The number of hydrogen-bond donors (Lipinski definition) is 0. The topological polar surface area (TPSA) is 102 Å². The maximum atomic E-state index is 13.2. The van der Waals surface area contributed by atoms with E-state index < -0.39 is 22.6 Å². The van der Waals surface area contributed by atoms with Crippen LogP contribution in [-0.4, -0.2) is 82.6 Å². The van der Waals surface area contributed by atoms with Gasteiger partial charge < -0.3 is 19.1 Å². The lowest BCUT2D eigenvalue weighted by atomic mass is 10.2. The van der Waals surface area contributed by atoms with Gasteiger partial charge in [-0.2, -0.15) is 4.31 Å². The van der Waals surface area contributed by atoms with E-state index >= 15 is 0 Å². The van der Waals surface area contributed by atoms with Gasteiger partial charge in [-0.05, 0) is 31.0 Å². The molecular weight excluding hydrogens is 412 g/mol. The van der Waals surface area contributed by atoms with Crippen LogP contribution in [0.25, 0.3) is 0 Å². The SMILES string of the molecule is COc1ccc(C(=O)OCC(=O)N2CCOCC2)cc1S(=O)(=O)N1CCCCCC1. The van der Waals surface area contributed by atoms with E-state index in [4.69, 9.17) is 14.2 Å². The summed E-state index contributed by atoms with van der Waals surface area (Å²) in [6, 6.07) is 4.13. The third kappa shape index (κ3) is 5.30. The van der Waals surface area contributed by atoms with Crippen LogP contribution < -0.4 is 4.74 Å². The molecule has 30 heavy (non-hydrogen) atoms. The number of hydrogen-bond acceptors (Lipinski definition) is 7. The highest BCUT2D eigenvalue weighted by Gasteiger charge is 2.29. The number of carbonyl (C=O) groups excluding carboxylic acids is 2. The Balaban J connectivity index is 1.74. The average molecular weight is 441 g/mol. The average Bonchev–Trinajstić information content (AvgIpc) is 3.07. The lowest BCUT2D eigenvalue weighted by Crippen LogP contribution is -2.42. The summed E-state index contributed by atoms with van der Waals surface area (Å²) in [4.78, 5) is 26.1. The highest BCUT2D eigenvalue weighted by Crippen LogP contribution is 2.29. The largest absolute Gasteiger partial charge is 0.495 e. The summed E-state index contributed by atoms with van der Waals surface area (Å²) < 4.78 is 43.4. The van der Waals surface area contributed by atoms with Gasteiger partial charge in [-0.25, -0.2) is 13.2 Å². The fourth-order valence-corrected chi connectivity index (χ4v) is 5.24. The number of ether oxygens (including phenoxy) is 3. The molecular formula is C20H28N2O7S. The van der Waals surface area contributed by atoms with Gasteiger partial charge in [0, 0.05) is 26.2 Å². The van der Waals surface area contributed by atoms with Crippen molar-refractivity contribution in [1.29, 1.82) is 0 Å². The Bertz CT molecular complexity index is 858. The first-order valence-electron chi connectivity index (χ1n) is 10.1. The minimum Gasteiger partial charge on any atom is -0.495 e. The molecule has 3 rings (SSSR count). The molecule has 2 aliphatic heterocycles. The maximum Gasteiger partial charge on any atom is 0.338 e. The molecule has 10 heteroatoms. The van der Waals surface area contributed by atoms with Gasteiger partial charge in [0.25, 0.3) is 5.91 Å². The van der Waals surface area contributed by atoms with E-state index in [-0.39, 0.29) is 22.1 Å². The van der Waals surface area contributed by atoms with Crippen LogP contribution >= 0.6 is 0 Å². The second-order valence-electron chi connectivity index (χ2n) is 7.25. The Morgan fingerprint density at radius 3 is 2.33 bits per heavy atom. The van der Waals surface area contributed by atoms with Crippen LogP contribution in [0.2, 0.25) is 0 Å². The number of amides is 1. The minimum atomic E-state index is -3.82. The first-order valence-corrected chi connectivity index (χ1v) is 11.6. The van der Waals surface area contributed by atoms with E-state index in [0.29, 0.717) is 39.4 Å². The first kappa shape index (κ1) is 22.5. The molecule has 2 saturated heterocycles. The number of rotatable bonds is 6. The molecule has 2 aliphatic rings. The fraction of sp³-hybridized carbons (Fsp3) is 0.600. The summed E-state index contributed by atoms with van der Waals surface area (Å²) in [7, 11) is -2.44. The smallest absolute Gasteiger partial charge is 0.338 e. The number of nitrogens with zero attached hydrogens (tertiary/aromatic N) is 2. The van der Waals surface area contributed by atoms with Crippen molar-refractivity contribution in [2.75, 3.05) is 53.1 Å². The fourth-order valence-electron chi connectivity index (χ4n) is 3.54. The van der Waals surface area contributed by atoms with Crippen LogP contribution in [0.3, 0.4) is 0 Å². The van der Waals surface area contributed by atoms with Crippen LogP contribution in [0, 0.1) is 0 Å². The monoisotopic (exact) mass is 440 g/mol. The standard InChI is InChI=1S/C20H28N2O7S/c1-27-17-7-6-16(20(24)29-15-19(23)21-10-12-28-13-11-21)14-18(17)30(25,26)22-8-4-2-3-5-9-22/h6-7,14H,2-5,8-13,15H2,1H3. The molecule has 0 atom stereocenters. The lowest BCUT2D eigenvalue weighted by molar-refractivity contribution is -0.138. The molecule has 2 fully saturated rings. The molecule has 0 aromatic heterocycles. The van der Waals surface area contributed by atoms with Crippen LogP contribution in [0.4, 0.5) is 0 Å². The second kappa shape index (κ2) is 10.2. The van der Waals surface area contributed by atoms with Crippen LogP contribution in [0.5, 0.6) is 5.75 Å². The molecule has 1 aromatic carbocycles. The van der Waals surface area contributed by atoms with Gasteiger partial charge in [0.15, 0.2) is 6.61 Å². The number of carbonyl (C=O) groups is 2. The number of methoxy groups -OCH3 is 1. The zero-order valence-corrected chi connectivity index (χ0v) is 18.0. The van der Waals surface area contributed by atoms with Crippen molar-refractivity contribution in [3.63, 3.8) is 0 Å². The molecule has 1 amide bonds. The van der Waals surface area contributed by atoms with Gasteiger partial charge in [-0.1, -0.05) is 12.8 Å². The summed E-state index contributed by atoms with van der Waals surface area (Å²) in [5, 5.41) is 0. The van der Waals surface area contributed by atoms with E-state index in [9.17, 15) is 18.0 Å². The van der Waals surface area contributed by atoms with Crippen molar-refractivity contribution in [3.05, 3.63) is 23.8 Å². The van der Waals surface area contributed by atoms with Crippen molar-refractivity contribution in [1.82, 2.24) is 9.21 Å². The van der Waals surface area contributed by atoms with Crippen molar-refractivity contribution >= 4 is 21.9 Å². The molecule has 0 spiro atoms. The van der Waals surface area contributed by atoms with Crippen LogP contribution in [0.1, 0.15) is 36.0 Å². The minimum absolute atomic E-state index is 0.0546. The molecule has 9 nitrogen and oxygen atoms in total. The Kier molecular flexibility index (Phi) is 7.68. The highest BCUT2D eigenvalue weighted by atomic mass is 32.2. The molecule has 0 bridgehead atoms. The van der Waals surface area contributed by atoms with Crippen LogP contribution in [-0.2, 0) is 24.3 Å². The Morgan fingerprint density at radius 2 is 1.70 bits per heavy atom. The molecule has 0 aliphatic carbocycles. The van der Waals surface area contributed by atoms with Gasteiger partial charge in [-0.3, -0.25) is 4.79 Å². The molecule has 2 heterocycles. The summed E-state index contributed by atoms with van der Waals surface area (Å²) >= 11 is 0. The van der Waals surface area contributed by atoms with Crippen molar-refractivity contribution in [2.24, 2.45) is 0 Å². The lowest BCUT2D eigenvalue weighted by Gasteiger charge is -2.26. The molecule has 0 unspecified atom stereocenters. The maximum absolute atomic E-state index is 13.2. The zero-order valence-electron chi connectivity index (χ0n) is 17.2. The molecule has 0 N–H and O–H groups in total. The third-order valence-electron chi connectivity index (χ3n) is 5.27. The number of esters is 1. The van der Waals surface area contributed by atoms with E-state index in [1.54, 1.807) is 4.90 Å². The zero-order chi connectivity index (χ0) is 21.6. The summed E-state index contributed by atoms with van der Waals surface area (Å²) in [5.41, 5.74) is 0.0546. The Morgan fingerprint density at radius 1 is 1.03 bits per heavy atom. The molecule has 1 aromatic rings.